The van der Waals surface area contributed by atoms with Gasteiger partial charge in [0.25, 0.3) is 5.91 Å². The summed E-state index contributed by atoms with van der Waals surface area (Å²) in [6.45, 7) is 2.27. The first-order chi connectivity index (χ1) is 11.6. The Kier molecular flexibility index (Phi) is 6.37. The molecule has 2 aromatic rings. The van der Waals surface area contributed by atoms with E-state index in [4.69, 9.17) is 9.47 Å². The van der Waals surface area contributed by atoms with Gasteiger partial charge in [-0.05, 0) is 47.0 Å². The van der Waals surface area contributed by atoms with Crippen LogP contribution in [0.2, 0.25) is 0 Å². The van der Waals surface area contributed by atoms with Crippen LogP contribution in [0.5, 0.6) is 5.75 Å². The van der Waals surface area contributed by atoms with Crippen LogP contribution in [-0.4, -0.2) is 32.1 Å². The lowest BCUT2D eigenvalue weighted by Gasteiger charge is -2.04. The fourth-order valence-electron chi connectivity index (χ4n) is 2.14. The Labute approximate surface area is 141 Å². The second kappa shape index (κ2) is 8.72. The summed E-state index contributed by atoms with van der Waals surface area (Å²) in [4.78, 5) is 23.0. The van der Waals surface area contributed by atoms with Gasteiger partial charge >= 0.3 is 5.97 Å². The number of ether oxygens (including phenoxy) is 2. The smallest absolute Gasteiger partial charge is 0.331 e. The molecular formula is C19H21NO4. The van der Waals surface area contributed by atoms with E-state index in [1.54, 1.807) is 13.2 Å². The predicted molar refractivity (Wildman–Crippen MR) is 93.8 cm³/mol. The molecule has 1 N–H and O–H groups in total. The molecule has 0 fully saturated rings. The number of methoxy groups -OCH3 is 1. The van der Waals surface area contributed by atoms with Gasteiger partial charge in [0.15, 0.2) is 6.61 Å². The molecule has 2 rings (SSSR count). The number of rotatable bonds is 7. The summed E-state index contributed by atoms with van der Waals surface area (Å²) in [5.41, 5.74) is 0.875. The van der Waals surface area contributed by atoms with Crippen LogP contribution in [0.1, 0.15) is 18.9 Å². The van der Waals surface area contributed by atoms with Gasteiger partial charge in [-0.3, -0.25) is 4.79 Å². The molecule has 0 bridgehead atoms. The van der Waals surface area contributed by atoms with Gasteiger partial charge in [0.1, 0.15) is 5.75 Å². The fraction of sp³-hybridized carbons (Fsp3) is 0.263. The van der Waals surface area contributed by atoms with Crippen LogP contribution >= 0.6 is 0 Å². The molecule has 5 heteroatoms. The molecule has 1 amide bonds. The zero-order valence-corrected chi connectivity index (χ0v) is 13.9. The third-order valence-electron chi connectivity index (χ3n) is 3.40. The van der Waals surface area contributed by atoms with E-state index in [1.807, 2.05) is 43.3 Å². The van der Waals surface area contributed by atoms with Crippen molar-refractivity contribution in [2.45, 2.75) is 13.3 Å². The first kappa shape index (κ1) is 17.5. The van der Waals surface area contributed by atoms with E-state index in [0.29, 0.717) is 6.54 Å². The minimum atomic E-state index is -0.545. The van der Waals surface area contributed by atoms with Crippen LogP contribution in [0.15, 0.2) is 42.5 Å². The number of amides is 1. The molecule has 0 saturated carbocycles. The molecule has 0 aliphatic rings. The van der Waals surface area contributed by atoms with E-state index >= 15 is 0 Å². The van der Waals surface area contributed by atoms with Crippen LogP contribution in [0.3, 0.4) is 0 Å². The largest absolute Gasteiger partial charge is 0.497 e. The number of hydrogen-bond acceptors (Lipinski definition) is 4. The molecule has 0 spiro atoms. The van der Waals surface area contributed by atoms with Crippen molar-refractivity contribution >= 4 is 28.7 Å². The average molecular weight is 327 g/mol. The van der Waals surface area contributed by atoms with Crippen molar-refractivity contribution in [1.29, 1.82) is 0 Å². The van der Waals surface area contributed by atoms with Crippen molar-refractivity contribution in [3.8, 4) is 5.75 Å². The summed E-state index contributed by atoms with van der Waals surface area (Å²) >= 11 is 0. The maximum atomic E-state index is 11.6. The zero-order chi connectivity index (χ0) is 17.4. The van der Waals surface area contributed by atoms with Crippen molar-refractivity contribution in [2.24, 2.45) is 0 Å². The number of carbonyl (C=O) groups is 2. The molecule has 5 nitrogen and oxygen atoms in total. The summed E-state index contributed by atoms with van der Waals surface area (Å²) in [5.74, 6) is -0.0366. The SMILES string of the molecule is CCCNC(=O)COC(=O)/C=C/c1ccc2cc(OC)ccc2c1. The van der Waals surface area contributed by atoms with E-state index in [9.17, 15) is 9.59 Å². The van der Waals surface area contributed by atoms with Crippen molar-refractivity contribution in [3.05, 3.63) is 48.0 Å². The maximum Gasteiger partial charge on any atom is 0.331 e. The van der Waals surface area contributed by atoms with Crippen LogP contribution in [0.25, 0.3) is 16.8 Å². The van der Waals surface area contributed by atoms with Gasteiger partial charge in [-0.2, -0.15) is 0 Å². The van der Waals surface area contributed by atoms with Crippen LogP contribution < -0.4 is 10.1 Å². The molecule has 0 atom stereocenters. The van der Waals surface area contributed by atoms with Gasteiger partial charge in [0.05, 0.1) is 7.11 Å². The van der Waals surface area contributed by atoms with E-state index in [1.165, 1.54) is 6.08 Å². The summed E-state index contributed by atoms with van der Waals surface area (Å²) in [6, 6.07) is 11.6. The number of benzene rings is 2. The Hall–Kier alpha value is -2.82. The van der Waals surface area contributed by atoms with Crippen LogP contribution in [0.4, 0.5) is 0 Å². The summed E-state index contributed by atoms with van der Waals surface area (Å²) < 4.78 is 10.1. The molecule has 126 valence electrons. The van der Waals surface area contributed by atoms with E-state index < -0.39 is 5.97 Å². The lowest BCUT2D eigenvalue weighted by molar-refractivity contribution is -0.143. The maximum absolute atomic E-state index is 11.6. The lowest BCUT2D eigenvalue weighted by atomic mass is 10.1. The molecule has 0 aliphatic heterocycles. The lowest BCUT2D eigenvalue weighted by Crippen LogP contribution is -2.28. The van der Waals surface area contributed by atoms with Crippen molar-refractivity contribution < 1.29 is 19.1 Å². The Balaban J connectivity index is 1.94. The Morgan fingerprint density at radius 2 is 1.88 bits per heavy atom. The van der Waals surface area contributed by atoms with E-state index in [2.05, 4.69) is 5.32 Å². The van der Waals surface area contributed by atoms with E-state index in [-0.39, 0.29) is 12.5 Å². The van der Waals surface area contributed by atoms with Crippen molar-refractivity contribution in [3.63, 3.8) is 0 Å². The third kappa shape index (κ3) is 5.12. The third-order valence-corrected chi connectivity index (χ3v) is 3.40. The Morgan fingerprint density at radius 1 is 1.12 bits per heavy atom. The summed E-state index contributed by atoms with van der Waals surface area (Å²) in [5, 5.41) is 4.74. The van der Waals surface area contributed by atoms with Crippen molar-refractivity contribution in [1.82, 2.24) is 5.32 Å². The standard InChI is InChI=1S/C19H21NO4/c1-3-10-20-18(21)13-24-19(22)9-5-14-4-6-16-12-17(23-2)8-7-15(16)11-14/h4-9,11-12H,3,10,13H2,1-2H3,(H,20,21)/b9-5+. The monoisotopic (exact) mass is 327 g/mol. The van der Waals surface area contributed by atoms with Gasteiger partial charge in [-0.1, -0.05) is 25.1 Å². The first-order valence-corrected chi connectivity index (χ1v) is 7.81. The number of carbonyl (C=O) groups excluding carboxylic acids is 2. The van der Waals surface area contributed by atoms with Crippen LogP contribution in [0, 0.1) is 0 Å². The number of esters is 1. The van der Waals surface area contributed by atoms with Gasteiger partial charge in [0.2, 0.25) is 0 Å². The number of fused-ring (bicyclic) bond motifs is 1. The minimum absolute atomic E-state index is 0.263. The first-order valence-electron chi connectivity index (χ1n) is 7.81. The average Bonchev–Trinajstić information content (AvgIpc) is 2.62. The second-order valence-corrected chi connectivity index (χ2v) is 5.26. The normalized spacial score (nSPS) is 10.8. The van der Waals surface area contributed by atoms with E-state index in [0.717, 1.165) is 28.5 Å². The Morgan fingerprint density at radius 3 is 2.62 bits per heavy atom. The molecule has 0 heterocycles. The fourth-order valence-corrected chi connectivity index (χ4v) is 2.14. The van der Waals surface area contributed by atoms with Gasteiger partial charge in [0, 0.05) is 12.6 Å². The molecule has 0 aliphatic carbocycles. The zero-order valence-electron chi connectivity index (χ0n) is 13.9. The minimum Gasteiger partial charge on any atom is -0.497 e. The molecule has 24 heavy (non-hydrogen) atoms. The van der Waals surface area contributed by atoms with Gasteiger partial charge in [-0.15, -0.1) is 0 Å². The van der Waals surface area contributed by atoms with Crippen LogP contribution in [-0.2, 0) is 14.3 Å². The highest BCUT2D eigenvalue weighted by Gasteiger charge is 2.04. The molecule has 0 unspecified atom stereocenters. The second-order valence-electron chi connectivity index (χ2n) is 5.26. The number of hydrogen-bond donors (Lipinski definition) is 1. The molecule has 0 radical (unpaired) electrons. The molecule has 0 saturated heterocycles. The molecule has 0 aromatic heterocycles. The Bertz CT molecular complexity index is 752. The molecule has 2 aromatic carbocycles. The quantitative estimate of drug-likeness (QED) is 0.627. The summed E-state index contributed by atoms with van der Waals surface area (Å²) in [6.07, 6.45) is 3.82. The predicted octanol–water partition coefficient (Wildman–Crippen LogP) is 2.93. The highest BCUT2D eigenvalue weighted by molar-refractivity contribution is 5.91. The highest BCUT2D eigenvalue weighted by Crippen LogP contribution is 2.22. The van der Waals surface area contributed by atoms with Gasteiger partial charge in [-0.25, -0.2) is 4.79 Å². The van der Waals surface area contributed by atoms with Gasteiger partial charge < -0.3 is 14.8 Å². The number of nitrogens with one attached hydrogen (secondary N) is 1. The molecular weight excluding hydrogens is 306 g/mol. The highest BCUT2D eigenvalue weighted by atomic mass is 16.5. The topological polar surface area (TPSA) is 64.6 Å². The van der Waals surface area contributed by atoms with Crippen molar-refractivity contribution in [2.75, 3.05) is 20.3 Å². The summed E-state index contributed by atoms with van der Waals surface area (Å²) in [7, 11) is 1.63.